The molecule has 4 nitrogen and oxygen atoms in total. The van der Waals surface area contributed by atoms with E-state index in [9.17, 15) is 6.80 Å². The van der Waals surface area contributed by atoms with Crippen molar-refractivity contribution in [1.29, 1.82) is 0 Å². The third-order valence-electron chi connectivity index (χ3n) is 0.272. The van der Waals surface area contributed by atoms with E-state index in [0.717, 1.165) is 0 Å². The minimum atomic E-state index is -4.30. The Bertz CT molecular complexity index is 122. The molecule has 0 unspecified atom stereocenters. The maximum absolute atomic E-state index is 9.80. The summed E-state index contributed by atoms with van der Waals surface area (Å²) < 4.78 is 27.9. The van der Waals surface area contributed by atoms with Gasteiger partial charge < -0.3 is 0 Å². The Morgan fingerprint density at radius 2 is 1.67 bits per heavy atom. The first-order chi connectivity index (χ1) is 2.71. The van der Waals surface area contributed by atoms with Crippen molar-refractivity contribution in [2.24, 2.45) is 0 Å². The zero-order valence-corrected chi connectivity index (χ0v) is 8.44. The summed E-state index contributed by atoms with van der Waals surface area (Å²) in [7, 11) is 0. The first-order valence-corrected chi connectivity index (χ1v) is 7.53. The first kappa shape index (κ1) is 5.27. The fourth-order valence-electron chi connectivity index (χ4n) is 0.0896. The van der Waals surface area contributed by atoms with Crippen LogP contribution in [0.4, 0.5) is 0 Å². The van der Waals surface area contributed by atoms with Crippen LogP contribution < -0.4 is 0 Å². The van der Waals surface area contributed by atoms with E-state index in [1.54, 1.807) is 0 Å². The topological polar surface area (TPSA) is 52.6 Å². The number of hydrogen-bond acceptors (Lipinski definition) is 4. The second-order valence-electron chi connectivity index (χ2n) is 0.658. The van der Waals surface area contributed by atoms with E-state index >= 15 is 0 Å². The Morgan fingerprint density at radius 1 is 1.33 bits per heavy atom. The summed E-state index contributed by atoms with van der Waals surface area (Å²) in [5.74, 6) is 0. The van der Waals surface area contributed by atoms with Gasteiger partial charge in [0.1, 0.15) is 0 Å². The maximum atomic E-state index is 9.80. The SMILES string of the molecule is [O]=[Mo]1(=[O])[O][Pb][O]1. The van der Waals surface area contributed by atoms with Crippen LogP contribution >= 0.6 is 0 Å². The third kappa shape index (κ3) is 1.05. The summed E-state index contributed by atoms with van der Waals surface area (Å²) in [6.07, 6.45) is 0. The average molecular weight is 367 g/mol. The van der Waals surface area contributed by atoms with Crippen molar-refractivity contribution in [3.05, 3.63) is 0 Å². The van der Waals surface area contributed by atoms with Crippen LogP contribution in [0.5, 0.6) is 0 Å². The fraction of sp³-hybridized carbons (Fsp3) is 0. The van der Waals surface area contributed by atoms with E-state index in [0.29, 0.717) is 0 Å². The minimum absolute atomic E-state index is 1.43. The summed E-state index contributed by atoms with van der Waals surface area (Å²) in [4.78, 5) is 0. The zero-order valence-electron chi connectivity index (χ0n) is 2.54. The van der Waals surface area contributed by atoms with Gasteiger partial charge in [-0.1, -0.05) is 0 Å². The Morgan fingerprint density at radius 3 is 1.67 bits per heavy atom. The fourth-order valence-corrected chi connectivity index (χ4v) is 4.65. The van der Waals surface area contributed by atoms with Gasteiger partial charge in [-0.05, 0) is 0 Å². The molecule has 0 aliphatic carbocycles. The van der Waals surface area contributed by atoms with Crippen molar-refractivity contribution in [3.63, 3.8) is 0 Å². The second-order valence-corrected chi connectivity index (χ2v) is 11.8. The molecule has 6 heavy (non-hydrogen) atoms. The van der Waals surface area contributed by atoms with E-state index in [1.807, 2.05) is 0 Å². The van der Waals surface area contributed by atoms with Crippen molar-refractivity contribution in [2.75, 3.05) is 0 Å². The van der Waals surface area contributed by atoms with E-state index in [4.69, 9.17) is 0 Å². The van der Waals surface area contributed by atoms with Crippen LogP contribution in [0.2, 0.25) is 0 Å². The van der Waals surface area contributed by atoms with Crippen molar-refractivity contribution in [2.45, 2.75) is 0 Å². The molecule has 0 aromatic carbocycles. The van der Waals surface area contributed by atoms with E-state index < -0.39 is 41.9 Å². The molecule has 1 rings (SSSR count). The normalized spacial score (nSPS) is 28.7. The number of hydrogen-bond donors (Lipinski definition) is 0. The molecular formula is MoO4Pb. The molecule has 0 N–H and O–H groups in total. The van der Waals surface area contributed by atoms with Gasteiger partial charge in [-0.15, -0.1) is 0 Å². The van der Waals surface area contributed by atoms with Gasteiger partial charge in [0.2, 0.25) is 0 Å². The van der Waals surface area contributed by atoms with Gasteiger partial charge in [-0.3, -0.25) is 0 Å². The Balaban J connectivity index is 2.78. The van der Waals surface area contributed by atoms with Gasteiger partial charge in [0, 0.05) is 0 Å². The third-order valence-corrected chi connectivity index (χ3v) is 14.1. The van der Waals surface area contributed by atoms with Crippen molar-refractivity contribution in [3.8, 4) is 0 Å². The van der Waals surface area contributed by atoms with Crippen LogP contribution in [0.15, 0.2) is 0 Å². The monoisotopic (exact) mass is 370 g/mol. The molecule has 0 aromatic heterocycles. The van der Waals surface area contributed by atoms with Crippen LogP contribution in [0.1, 0.15) is 0 Å². The molecule has 1 saturated heterocycles. The van der Waals surface area contributed by atoms with Gasteiger partial charge in [-0.25, -0.2) is 0 Å². The summed E-state index contributed by atoms with van der Waals surface area (Å²) in [5, 5.41) is 0. The van der Waals surface area contributed by atoms with Crippen LogP contribution in [0, 0.1) is 0 Å². The van der Waals surface area contributed by atoms with E-state index in [2.05, 4.69) is 2.68 Å². The predicted molar refractivity (Wildman–Crippen MR) is 9.30 cm³/mol. The molecule has 0 aromatic rings. The molecule has 34 valence electrons. The Kier molecular flexibility index (Phi) is 1.38. The van der Waals surface area contributed by atoms with E-state index in [1.165, 1.54) is 0 Å². The Hall–Kier alpha value is 1.13. The van der Waals surface area contributed by atoms with Crippen LogP contribution in [0.25, 0.3) is 0 Å². The van der Waals surface area contributed by atoms with Crippen molar-refractivity contribution in [1.82, 2.24) is 0 Å². The van der Waals surface area contributed by atoms with Crippen molar-refractivity contribution < 1.29 is 26.2 Å². The van der Waals surface area contributed by atoms with Gasteiger partial charge >= 0.3 is 51.4 Å². The van der Waals surface area contributed by atoms with Crippen LogP contribution in [-0.2, 0) is 26.2 Å². The quantitative estimate of drug-likeness (QED) is 0.529. The zero-order chi connectivity index (χ0) is 4.62. The van der Waals surface area contributed by atoms with Crippen LogP contribution in [0.3, 0.4) is 0 Å². The standard InChI is InChI=1S/Mo.4O.Pb. The van der Waals surface area contributed by atoms with Crippen molar-refractivity contribution >= 4 is 25.1 Å². The second kappa shape index (κ2) is 1.57. The summed E-state index contributed by atoms with van der Waals surface area (Å²) in [6.45, 7) is 0. The van der Waals surface area contributed by atoms with Crippen LogP contribution in [-0.4, -0.2) is 25.1 Å². The molecule has 0 amide bonds. The molecule has 1 heterocycles. The molecule has 0 spiro atoms. The summed E-state index contributed by atoms with van der Waals surface area (Å²) >= 11 is -5.72. The predicted octanol–water partition coefficient (Wildman–Crippen LogP) is -0.758. The molecule has 1 aliphatic rings. The summed E-state index contributed by atoms with van der Waals surface area (Å²) in [6, 6.07) is 0. The molecule has 0 bridgehead atoms. The molecule has 1 fully saturated rings. The molecule has 0 saturated carbocycles. The molecule has 0 atom stereocenters. The van der Waals surface area contributed by atoms with Gasteiger partial charge in [0.15, 0.2) is 0 Å². The summed E-state index contributed by atoms with van der Waals surface area (Å²) in [5.41, 5.74) is 0. The van der Waals surface area contributed by atoms with Gasteiger partial charge in [0.25, 0.3) is 0 Å². The molecule has 6 heteroatoms. The first-order valence-electron chi connectivity index (χ1n) is 1.07. The molecular weight excluding hydrogens is 367 g/mol. The molecule has 2 radical (unpaired) electrons. The number of rotatable bonds is 0. The molecule has 1 aliphatic heterocycles. The van der Waals surface area contributed by atoms with Gasteiger partial charge in [0.05, 0.1) is 0 Å². The van der Waals surface area contributed by atoms with Gasteiger partial charge in [-0.2, -0.15) is 0 Å². The Labute approximate surface area is 51.1 Å². The average Bonchev–Trinajstić information content (AvgIpc) is 1.32. The van der Waals surface area contributed by atoms with E-state index in [-0.39, 0.29) is 0 Å².